The van der Waals surface area contributed by atoms with E-state index < -0.39 is 0 Å². The van der Waals surface area contributed by atoms with Gasteiger partial charge in [0.1, 0.15) is 17.2 Å². The van der Waals surface area contributed by atoms with Gasteiger partial charge in [-0.05, 0) is 37.5 Å². The van der Waals surface area contributed by atoms with Gasteiger partial charge in [0, 0.05) is 32.0 Å². The Morgan fingerprint density at radius 1 is 1.03 bits per heavy atom. The maximum absolute atomic E-state index is 6.50. The number of rotatable bonds is 3. The van der Waals surface area contributed by atoms with Crippen LogP contribution in [0.15, 0.2) is 42.6 Å². The molecule has 1 spiro atoms. The molecule has 1 saturated heterocycles. The highest BCUT2D eigenvalue weighted by Crippen LogP contribution is 2.40. The van der Waals surface area contributed by atoms with Crippen molar-refractivity contribution >= 4 is 5.95 Å². The summed E-state index contributed by atoms with van der Waals surface area (Å²) in [6.45, 7) is 3.75. The number of para-hydroxylation sites is 1. The fourth-order valence-electron chi connectivity index (χ4n) is 4.41. The van der Waals surface area contributed by atoms with E-state index in [0.29, 0.717) is 5.88 Å². The van der Waals surface area contributed by atoms with Crippen LogP contribution in [0.1, 0.15) is 30.7 Å². The van der Waals surface area contributed by atoms with Gasteiger partial charge in [0.2, 0.25) is 11.8 Å². The van der Waals surface area contributed by atoms with Crippen LogP contribution in [0, 0.1) is 6.92 Å². The van der Waals surface area contributed by atoms with E-state index in [9.17, 15) is 0 Å². The van der Waals surface area contributed by atoms with Crippen molar-refractivity contribution in [2.24, 2.45) is 0 Å². The quantitative estimate of drug-likeness (QED) is 0.682. The number of hydrogen-bond donors (Lipinski definition) is 0. The molecule has 2 aromatic heterocycles. The summed E-state index contributed by atoms with van der Waals surface area (Å²) in [5.74, 6) is 3.35. The van der Waals surface area contributed by atoms with Gasteiger partial charge in [-0.3, -0.25) is 4.57 Å². The third-order valence-corrected chi connectivity index (χ3v) is 6.10. The minimum Gasteiger partial charge on any atom is -0.487 e. The molecule has 0 N–H and O–H groups in total. The summed E-state index contributed by atoms with van der Waals surface area (Å²) in [5.41, 5.74) is 2.20. The molecule has 0 radical (unpaired) electrons. The van der Waals surface area contributed by atoms with Crippen molar-refractivity contribution in [1.29, 1.82) is 0 Å². The summed E-state index contributed by atoms with van der Waals surface area (Å²) in [6, 6.07) is 12.3. The third kappa shape index (κ3) is 3.20. The van der Waals surface area contributed by atoms with Crippen LogP contribution in [0.25, 0.3) is 5.69 Å². The molecule has 4 heterocycles. The number of pyridine rings is 1. The Morgan fingerprint density at radius 2 is 1.86 bits per heavy atom. The lowest BCUT2D eigenvalue weighted by Gasteiger charge is -2.44. The molecular weight excluding hydrogens is 366 g/mol. The van der Waals surface area contributed by atoms with Gasteiger partial charge in [0.15, 0.2) is 0 Å². The van der Waals surface area contributed by atoms with Crippen molar-refractivity contribution in [3.8, 4) is 17.3 Å². The molecule has 29 heavy (non-hydrogen) atoms. The van der Waals surface area contributed by atoms with Crippen LogP contribution < -0.4 is 14.4 Å². The zero-order valence-electron chi connectivity index (χ0n) is 16.8. The number of ether oxygens (including phenoxy) is 2. The first-order chi connectivity index (χ1) is 14.2. The lowest BCUT2D eigenvalue weighted by Crippen LogP contribution is -2.50. The van der Waals surface area contributed by atoms with Crippen molar-refractivity contribution in [3.63, 3.8) is 0 Å². The highest BCUT2D eigenvalue weighted by Gasteiger charge is 2.40. The Labute approximate surface area is 170 Å². The minimum atomic E-state index is -0.0631. The number of nitrogens with zero attached hydrogens (tertiary/aromatic N) is 5. The average Bonchev–Trinajstić information content (AvgIpc) is 3.15. The number of aryl methyl sites for hydroxylation is 2. The third-order valence-electron chi connectivity index (χ3n) is 6.10. The van der Waals surface area contributed by atoms with Crippen LogP contribution >= 0.6 is 0 Å². The lowest BCUT2D eigenvalue weighted by atomic mass is 9.83. The summed E-state index contributed by atoms with van der Waals surface area (Å²) in [6.07, 6.45) is 5.92. The van der Waals surface area contributed by atoms with Crippen molar-refractivity contribution in [2.75, 3.05) is 25.1 Å². The Bertz CT molecular complexity index is 1010. The van der Waals surface area contributed by atoms with Crippen molar-refractivity contribution in [3.05, 3.63) is 54.0 Å². The Hall–Kier alpha value is -3.09. The van der Waals surface area contributed by atoms with E-state index in [1.165, 1.54) is 5.56 Å². The summed E-state index contributed by atoms with van der Waals surface area (Å²) in [5, 5.41) is 8.79. The summed E-state index contributed by atoms with van der Waals surface area (Å²) in [4.78, 5) is 6.64. The zero-order valence-corrected chi connectivity index (χ0v) is 16.8. The monoisotopic (exact) mass is 391 g/mol. The number of piperidine rings is 1. The molecule has 0 saturated carbocycles. The Morgan fingerprint density at radius 3 is 2.62 bits per heavy atom. The molecule has 5 rings (SSSR count). The molecule has 2 aliphatic rings. The van der Waals surface area contributed by atoms with Crippen LogP contribution in [0.3, 0.4) is 0 Å². The molecule has 0 unspecified atom stereocenters. The maximum atomic E-state index is 6.50. The van der Waals surface area contributed by atoms with E-state index in [-0.39, 0.29) is 5.60 Å². The predicted molar refractivity (Wildman–Crippen MR) is 110 cm³/mol. The molecule has 1 fully saturated rings. The number of aromatic nitrogens is 4. The van der Waals surface area contributed by atoms with E-state index in [1.54, 1.807) is 13.3 Å². The summed E-state index contributed by atoms with van der Waals surface area (Å²) >= 11 is 0. The second kappa shape index (κ2) is 7.06. The second-order valence-electron chi connectivity index (χ2n) is 7.82. The van der Waals surface area contributed by atoms with Crippen molar-refractivity contribution < 1.29 is 9.47 Å². The van der Waals surface area contributed by atoms with Crippen molar-refractivity contribution in [2.45, 2.75) is 38.2 Å². The highest BCUT2D eigenvalue weighted by molar-refractivity contribution is 5.45. The summed E-state index contributed by atoms with van der Waals surface area (Å²) in [7, 11) is 1.62. The Kier molecular flexibility index (Phi) is 4.38. The number of methoxy groups -OCH3 is 1. The van der Waals surface area contributed by atoms with Gasteiger partial charge in [-0.1, -0.05) is 18.2 Å². The molecule has 0 atom stereocenters. The molecule has 150 valence electrons. The zero-order chi connectivity index (χ0) is 19.8. The largest absolute Gasteiger partial charge is 0.487 e. The first-order valence-corrected chi connectivity index (χ1v) is 10.1. The maximum Gasteiger partial charge on any atom is 0.231 e. The van der Waals surface area contributed by atoms with E-state index >= 15 is 0 Å². The smallest absolute Gasteiger partial charge is 0.231 e. The van der Waals surface area contributed by atoms with Crippen LogP contribution in [0.5, 0.6) is 11.6 Å². The van der Waals surface area contributed by atoms with Gasteiger partial charge in [-0.25, -0.2) is 4.98 Å². The molecule has 0 amide bonds. The van der Waals surface area contributed by atoms with Gasteiger partial charge < -0.3 is 14.4 Å². The molecule has 2 aliphatic heterocycles. The van der Waals surface area contributed by atoms with Crippen LogP contribution in [-0.2, 0) is 6.42 Å². The van der Waals surface area contributed by atoms with Crippen LogP contribution in [0.2, 0.25) is 0 Å². The number of fused-ring (bicyclic) bond motifs is 1. The van der Waals surface area contributed by atoms with Gasteiger partial charge in [0.25, 0.3) is 0 Å². The number of hydrogen-bond acceptors (Lipinski definition) is 6. The lowest BCUT2D eigenvalue weighted by molar-refractivity contribution is 0.0223. The first kappa shape index (κ1) is 18.0. The first-order valence-electron chi connectivity index (χ1n) is 10.1. The fraction of sp³-hybridized carbons (Fsp3) is 0.409. The Balaban J connectivity index is 1.35. The number of benzene rings is 1. The molecule has 7 nitrogen and oxygen atoms in total. The van der Waals surface area contributed by atoms with E-state index in [2.05, 4.69) is 48.9 Å². The average molecular weight is 391 g/mol. The van der Waals surface area contributed by atoms with E-state index in [4.69, 9.17) is 9.47 Å². The number of anilines is 1. The molecule has 1 aromatic carbocycles. The second-order valence-corrected chi connectivity index (χ2v) is 7.82. The van der Waals surface area contributed by atoms with E-state index in [1.807, 2.05) is 19.1 Å². The molecule has 0 aliphatic carbocycles. The predicted octanol–water partition coefficient (Wildman–Crippen LogP) is 3.34. The molecular formula is C22H25N5O2. The molecule has 3 aromatic rings. The fourth-order valence-corrected chi connectivity index (χ4v) is 4.41. The van der Waals surface area contributed by atoms with E-state index in [0.717, 1.165) is 62.0 Å². The molecule has 0 bridgehead atoms. The van der Waals surface area contributed by atoms with Gasteiger partial charge in [-0.2, -0.15) is 0 Å². The van der Waals surface area contributed by atoms with Gasteiger partial charge in [-0.15, -0.1) is 10.2 Å². The van der Waals surface area contributed by atoms with Crippen LogP contribution in [-0.4, -0.2) is 45.5 Å². The van der Waals surface area contributed by atoms with Crippen LogP contribution in [0.4, 0.5) is 5.95 Å². The summed E-state index contributed by atoms with van der Waals surface area (Å²) < 4.78 is 13.7. The standard InChI is InChI=1S/C22H25N5O2/c1-16-24-25-21(27(16)18-7-8-20(28-2)23-15-18)26-13-11-22(12-14-26)10-9-17-5-3-4-6-19(17)29-22/h3-8,15H,9-14H2,1-2H3. The minimum absolute atomic E-state index is 0.0631. The molecule has 7 heteroatoms. The topological polar surface area (TPSA) is 65.3 Å². The SMILES string of the molecule is COc1ccc(-n2c(C)nnc2N2CCC3(CCc4ccccc4O3)CC2)cn1. The normalized spacial score (nSPS) is 17.7. The highest BCUT2D eigenvalue weighted by atomic mass is 16.5. The van der Waals surface area contributed by atoms with Crippen molar-refractivity contribution in [1.82, 2.24) is 19.7 Å². The van der Waals surface area contributed by atoms with Gasteiger partial charge >= 0.3 is 0 Å². The van der Waals surface area contributed by atoms with Gasteiger partial charge in [0.05, 0.1) is 19.0 Å².